The second-order valence-electron chi connectivity index (χ2n) is 6.37. The fourth-order valence-electron chi connectivity index (χ4n) is 3.83. The van der Waals surface area contributed by atoms with E-state index in [0.717, 1.165) is 32.4 Å². The van der Waals surface area contributed by atoms with E-state index in [1.807, 2.05) is 4.90 Å². The second kappa shape index (κ2) is 7.15. The van der Waals surface area contributed by atoms with Crippen LogP contribution in [0.25, 0.3) is 0 Å². The smallest absolute Gasteiger partial charge is 0.323 e. The van der Waals surface area contributed by atoms with E-state index in [1.54, 1.807) is 6.08 Å². The van der Waals surface area contributed by atoms with Crippen LogP contribution in [0.15, 0.2) is 12.7 Å². The Kier molecular flexibility index (Phi) is 5.44. The van der Waals surface area contributed by atoms with Crippen molar-refractivity contribution in [3.63, 3.8) is 0 Å². The third kappa shape index (κ3) is 3.12. The van der Waals surface area contributed by atoms with Crippen molar-refractivity contribution in [2.24, 2.45) is 17.3 Å². The first-order valence-electron chi connectivity index (χ1n) is 8.08. The quantitative estimate of drug-likeness (QED) is 0.446. The molecule has 1 heterocycles. The normalized spacial score (nSPS) is 26.4. The van der Waals surface area contributed by atoms with Gasteiger partial charge in [0.25, 0.3) is 0 Å². The van der Waals surface area contributed by atoms with Crippen LogP contribution < -0.4 is 0 Å². The molecule has 2 fully saturated rings. The Labute approximate surface area is 136 Å². The summed E-state index contributed by atoms with van der Waals surface area (Å²) in [4.78, 5) is 39.2. The summed E-state index contributed by atoms with van der Waals surface area (Å²) in [7, 11) is 2.49. The number of nitrogens with zero attached hydrogens (tertiary/aromatic N) is 1. The van der Waals surface area contributed by atoms with Crippen molar-refractivity contribution in [3.8, 4) is 0 Å². The summed E-state index contributed by atoms with van der Waals surface area (Å²) in [6, 6.07) is 0. The number of carbonyl (C=O) groups is 3. The van der Waals surface area contributed by atoms with E-state index in [-0.39, 0.29) is 24.7 Å². The highest BCUT2D eigenvalue weighted by atomic mass is 16.5. The van der Waals surface area contributed by atoms with Crippen molar-refractivity contribution in [2.75, 3.05) is 27.3 Å². The van der Waals surface area contributed by atoms with Gasteiger partial charge in [0.05, 0.1) is 14.2 Å². The predicted octanol–water partition coefficient (Wildman–Crippen LogP) is 1.54. The number of rotatable bonds is 4. The molecule has 128 valence electrons. The van der Waals surface area contributed by atoms with Gasteiger partial charge in [-0.2, -0.15) is 0 Å². The number of hydrogen-bond acceptors (Lipinski definition) is 5. The molecule has 1 aliphatic heterocycles. The second-order valence-corrected chi connectivity index (χ2v) is 6.37. The molecular formula is C17H25NO5. The van der Waals surface area contributed by atoms with E-state index in [9.17, 15) is 14.4 Å². The molecule has 0 radical (unpaired) electrons. The fraction of sp³-hybridized carbons (Fsp3) is 0.706. The number of amides is 1. The standard InChI is InChI=1S/C17H25NO5/c1-4-12-10-17(15(20)22-2,16(21)23-3)11-13(12)14(19)18-8-6-5-7-9-18/h4,12-13H,1,5-11H2,2-3H3/t12-,13-/m1/s1. The lowest BCUT2D eigenvalue weighted by atomic mass is 9.84. The first kappa shape index (κ1) is 17.5. The maximum atomic E-state index is 12.9. The zero-order valence-corrected chi connectivity index (χ0v) is 13.9. The van der Waals surface area contributed by atoms with Gasteiger partial charge in [0.1, 0.15) is 0 Å². The number of likely N-dealkylation sites (tertiary alicyclic amines) is 1. The molecule has 23 heavy (non-hydrogen) atoms. The van der Waals surface area contributed by atoms with Gasteiger partial charge in [0.15, 0.2) is 5.41 Å². The number of esters is 2. The van der Waals surface area contributed by atoms with Gasteiger partial charge in [0, 0.05) is 19.0 Å². The van der Waals surface area contributed by atoms with Crippen molar-refractivity contribution in [2.45, 2.75) is 32.1 Å². The maximum Gasteiger partial charge on any atom is 0.323 e. The molecule has 2 atom stereocenters. The summed E-state index contributed by atoms with van der Waals surface area (Å²) in [6.45, 7) is 5.26. The van der Waals surface area contributed by atoms with Crippen molar-refractivity contribution < 1.29 is 23.9 Å². The minimum atomic E-state index is -1.40. The molecule has 1 aliphatic carbocycles. The third-order valence-corrected chi connectivity index (χ3v) is 5.11. The summed E-state index contributed by atoms with van der Waals surface area (Å²) in [5.74, 6) is -1.93. The van der Waals surface area contributed by atoms with Gasteiger partial charge in [-0.15, -0.1) is 6.58 Å². The van der Waals surface area contributed by atoms with Crippen molar-refractivity contribution in [1.29, 1.82) is 0 Å². The minimum Gasteiger partial charge on any atom is -0.468 e. The highest BCUT2D eigenvalue weighted by Gasteiger charge is 2.58. The zero-order valence-electron chi connectivity index (χ0n) is 13.9. The molecular weight excluding hydrogens is 298 g/mol. The minimum absolute atomic E-state index is 0.00396. The first-order chi connectivity index (χ1) is 11.0. The van der Waals surface area contributed by atoms with Gasteiger partial charge >= 0.3 is 11.9 Å². The molecule has 6 heteroatoms. The largest absolute Gasteiger partial charge is 0.468 e. The maximum absolute atomic E-state index is 12.9. The highest BCUT2D eigenvalue weighted by molar-refractivity contribution is 6.01. The van der Waals surface area contributed by atoms with Crippen LogP contribution in [-0.4, -0.2) is 50.1 Å². The molecule has 1 saturated heterocycles. The van der Waals surface area contributed by atoms with Crippen molar-refractivity contribution >= 4 is 17.8 Å². The lowest BCUT2D eigenvalue weighted by Gasteiger charge is -2.30. The Hall–Kier alpha value is -1.85. The lowest BCUT2D eigenvalue weighted by molar-refractivity contribution is -0.169. The van der Waals surface area contributed by atoms with E-state index in [0.29, 0.717) is 0 Å². The lowest BCUT2D eigenvalue weighted by Crippen LogP contribution is -2.42. The molecule has 0 aromatic rings. The van der Waals surface area contributed by atoms with Crippen LogP contribution in [0.2, 0.25) is 0 Å². The monoisotopic (exact) mass is 323 g/mol. The Balaban J connectivity index is 2.26. The van der Waals surface area contributed by atoms with E-state index in [1.165, 1.54) is 14.2 Å². The van der Waals surface area contributed by atoms with Crippen molar-refractivity contribution in [3.05, 3.63) is 12.7 Å². The SMILES string of the molecule is C=C[C@@H]1CC(C(=O)OC)(C(=O)OC)C[C@H]1C(=O)N1CCCCC1. The molecule has 2 rings (SSSR count). The van der Waals surface area contributed by atoms with E-state index >= 15 is 0 Å². The molecule has 0 bridgehead atoms. The van der Waals surface area contributed by atoms with Crippen LogP contribution in [0.5, 0.6) is 0 Å². The fourth-order valence-corrected chi connectivity index (χ4v) is 3.83. The van der Waals surface area contributed by atoms with E-state index in [4.69, 9.17) is 9.47 Å². The summed E-state index contributed by atoms with van der Waals surface area (Å²) < 4.78 is 9.66. The number of methoxy groups -OCH3 is 2. The summed E-state index contributed by atoms with van der Waals surface area (Å²) in [5, 5.41) is 0. The molecule has 0 aromatic carbocycles. The summed E-state index contributed by atoms with van der Waals surface area (Å²) >= 11 is 0. The molecule has 0 aromatic heterocycles. The topological polar surface area (TPSA) is 72.9 Å². The van der Waals surface area contributed by atoms with Crippen LogP contribution in [0.3, 0.4) is 0 Å². The average molecular weight is 323 g/mol. The third-order valence-electron chi connectivity index (χ3n) is 5.11. The average Bonchev–Trinajstić information content (AvgIpc) is 3.01. The predicted molar refractivity (Wildman–Crippen MR) is 83.3 cm³/mol. The number of piperidine rings is 1. The number of carbonyl (C=O) groups excluding carboxylic acids is 3. The van der Waals surface area contributed by atoms with Crippen LogP contribution in [-0.2, 0) is 23.9 Å². The van der Waals surface area contributed by atoms with E-state index in [2.05, 4.69) is 6.58 Å². The Morgan fingerprint density at radius 2 is 1.61 bits per heavy atom. The molecule has 0 unspecified atom stereocenters. The van der Waals surface area contributed by atoms with Gasteiger partial charge in [0.2, 0.25) is 5.91 Å². The molecule has 0 N–H and O–H groups in total. The summed E-state index contributed by atoms with van der Waals surface area (Å²) in [5.41, 5.74) is -1.40. The van der Waals surface area contributed by atoms with Gasteiger partial charge in [-0.3, -0.25) is 14.4 Å². The Bertz CT molecular complexity index is 479. The summed E-state index contributed by atoms with van der Waals surface area (Å²) in [6.07, 6.45) is 5.12. The number of hydrogen-bond donors (Lipinski definition) is 0. The molecule has 2 aliphatic rings. The Morgan fingerprint density at radius 1 is 1.04 bits per heavy atom. The number of ether oxygens (including phenoxy) is 2. The van der Waals surface area contributed by atoms with Crippen LogP contribution in [0, 0.1) is 17.3 Å². The van der Waals surface area contributed by atoms with Gasteiger partial charge in [-0.1, -0.05) is 6.08 Å². The molecule has 0 spiro atoms. The van der Waals surface area contributed by atoms with Gasteiger partial charge in [-0.05, 0) is 38.0 Å². The molecule has 1 saturated carbocycles. The zero-order chi connectivity index (χ0) is 17.0. The number of allylic oxidation sites excluding steroid dienone is 1. The van der Waals surface area contributed by atoms with E-state index < -0.39 is 23.3 Å². The highest BCUT2D eigenvalue weighted by Crippen LogP contribution is 2.48. The van der Waals surface area contributed by atoms with Gasteiger partial charge in [-0.25, -0.2) is 0 Å². The molecule has 1 amide bonds. The van der Waals surface area contributed by atoms with Crippen molar-refractivity contribution in [1.82, 2.24) is 4.90 Å². The van der Waals surface area contributed by atoms with Crippen LogP contribution in [0.1, 0.15) is 32.1 Å². The van der Waals surface area contributed by atoms with Crippen LogP contribution >= 0.6 is 0 Å². The van der Waals surface area contributed by atoms with Gasteiger partial charge < -0.3 is 14.4 Å². The molecule has 6 nitrogen and oxygen atoms in total. The first-order valence-corrected chi connectivity index (χ1v) is 8.08. The van der Waals surface area contributed by atoms with Crippen LogP contribution in [0.4, 0.5) is 0 Å². The Morgan fingerprint density at radius 3 is 2.09 bits per heavy atom.